The number of benzene rings is 2. The van der Waals surface area contributed by atoms with Gasteiger partial charge in [0.25, 0.3) is 0 Å². The van der Waals surface area contributed by atoms with Crippen molar-refractivity contribution in [3.63, 3.8) is 0 Å². The Morgan fingerprint density at radius 2 is 1.96 bits per heavy atom. The molecule has 0 radical (unpaired) electrons. The van der Waals surface area contributed by atoms with Gasteiger partial charge in [0.15, 0.2) is 5.58 Å². The molecule has 1 aliphatic rings. The third-order valence-corrected chi connectivity index (χ3v) is 4.38. The molecule has 1 aromatic heterocycles. The van der Waals surface area contributed by atoms with Crippen molar-refractivity contribution in [2.45, 2.75) is 19.9 Å². The highest BCUT2D eigenvalue weighted by Crippen LogP contribution is 2.27. The lowest BCUT2D eigenvalue weighted by Gasteiger charge is -2.18. The molecule has 0 spiro atoms. The lowest BCUT2D eigenvalue weighted by Crippen LogP contribution is -2.31. The number of rotatable bonds is 3. The van der Waals surface area contributed by atoms with Crippen molar-refractivity contribution in [1.82, 2.24) is 10.4 Å². The third-order valence-electron chi connectivity index (χ3n) is 4.38. The standard InChI is InChI=1S/C19H18N4O2/c1-11-8-17(24)22-23-18(11)14-6-7-15-16(9-14)25-19(21-15)13-4-2-12(10-20)3-5-13/h2-7,9,11H,8,10,20H2,1H3,(H,22,24). The molecule has 1 aliphatic heterocycles. The molecule has 2 heterocycles. The Hall–Kier alpha value is -2.99. The van der Waals surface area contributed by atoms with Gasteiger partial charge in [0.05, 0.1) is 5.71 Å². The first-order chi connectivity index (χ1) is 12.1. The zero-order valence-electron chi connectivity index (χ0n) is 13.8. The number of carbonyl (C=O) groups excluding carboxylic acids is 1. The molecule has 1 unspecified atom stereocenters. The van der Waals surface area contributed by atoms with Crippen LogP contribution in [0, 0.1) is 5.92 Å². The van der Waals surface area contributed by atoms with Gasteiger partial charge < -0.3 is 10.2 Å². The van der Waals surface area contributed by atoms with E-state index < -0.39 is 0 Å². The summed E-state index contributed by atoms with van der Waals surface area (Å²) >= 11 is 0. The smallest absolute Gasteiger partial charge is 0.240 e. The monoisotopic (exact) mass is 334 g/mol. The fourth-order valence-electron chi connectivity index (χ4n) is 2.99. The van der Waals surface area contributed by atoms with Crippen molar-refractivity contribution in [3.8, 4) is 11.5 Å². The summed E-state index contributed by atoms with van der Waals surface area (Å²) in [6.45, 7) is 2.50. The molecule has 3 aromatic rings. The molecule has 0 saturated carbocycles. The average molecular weight is 334 g/mol. The van der Waals surface area contributed by atoms with Crippen LogP contribution in [0.2, 0.25) is 0 Å². The fourth-order valence-corrected chi connectivity index (χ4v) is 2.99. The van der Waals surface area contributed by atoms with Gasteiger partial charge in [0.2, 0.25) is 11.8 Å². The highest BCUT2D eigenvalue weighted by atomic mass is 16.3. The molecule has 25 heavy (non-hydrogen) atoms. The second-order valence-electron chi connectivity index (χ2n) is 6.24. The topological polar surface area (TPSA) is 93.5 Å². The predicted molar refractivity (Wildman–Crippen MR) is 95.8 cm³/mol. The van der Waals surface area contributed by atoms with Crippen LogP contribution in [0.4, 0.5) is 0 Å². The van der Waals surface area contributed by atoms with Gasteiger partial charge in [-0.05, 0) is 29.8 Å². The number of hydrogen-bond donors (Lipinski definition) is 2. The van der Waals surface area contributed by atoms with Crippen LogP contribution in [0.15, 0.2) is 52.0 Å². The lowest BCUT2D eigenvalue weighted by molar-refractivity contribution is -0.121. The highest BCUT2D eigenvalue weighted by Gasteiger charge is 2.22. The van der Waals surface area contributed by atoms with Crippen LogP contribution in [-0.4, -0.2) is 16.6 Å². The summed E-state index contributed by atoms with van der Waals surface area (Å²) in [6.07, 6.45) is 0.437. The Morgan fingerprint density at radius 3 is 2.68 bits per heavy atom. The van der Waals surface area contributed by atoms with Crippen LogP contribution in [-0.2, 0) is 11.3 Å². The summed E-state index contributed by atoms with van der Waals surface area (Å²) in [7, 11) is 0. The van der Waals surface area contributed by atoms with E-state index in [2.05, 4.69) is 15.5 Å². The van der Waals surface area contributed by atoms with Gasteiger partial charge >= 0.3 is 0 Å². The first-order valence-corrected chi connectivity index (χ1v) is 8.21. The van der Waals surface area contributed by atoms with Crippen molar-refractivity contribution in [1.29, 1.82) is 0 Å². The molecule has 126 valence electrons. The largest absolute Gasteiger partial charge is 0.436 e. The molecule has 0 fully saturated rings. The van der Waals surface area contributed by atoms with Gasteiger partial charge in [0.1, 0.15) is 5.52 Å². The van der Waals surface area contributed by atoms with Crippen molar-refractivity contribution in [3.05, 3.63) is 53.6 Å². The van der Waals surface area contributed by atoms with Crippen molar-refractivity contribution >= 4 is 22.7 Å². The van der Waals surface area contributed by atoms with E-state index in [4.69, 9.17) is 10.2 Å². The maximum Gasteiger partial charge on any atom is 0.240 e. The zero-order chi connectivity index (χ0) is 17.4. The number of fused-ring (bicyclic) bond motifs is 1. The summed E-state index contributed by atoms with van der Waals surface area (Å²) in [5, 5.41) is 4.20. The molecular weight excluding hydrogens is 316 g/mol. The molecule has 2 aromatic carbocycles. The average Bonchev–Trinajstić information content (AvgIpc) is 3.05. The molecule has 0 saturated heterocycles. The van der Waals surface area contributed by atoms with E-state index in [0.29, 0.717) is 24.4 Å². The number of hydrazone groups is 1. The second kappa shape index (κ2) is 6.14. The van der Waals surface area contributed by atoms with Gasteiger partial charge in [-0.1, -0.05) is 25.1 Å². The normalized spacial score (nSPS) is 17.4. The molecule has 3 N–H and O–H groups in total. The second-order valence-corrected chi connectivity index (χ2v) is 6.24. The number of nitrogens with one attached hydrogen (secondary N) is 1. The number of amides is 1. The van der Waals surface area contributed by atoms with E-state index in [9.17, 15) is 4.79 Å². The van der Waals surface area contributed by atoms with Gasteiger partial charge in [0, 0.05) is 30.0 Å². The first kappa shape index (κ1) is 15.5. The van der Waals surface area contributed by atoms with Crippen LogP contribution < -0.4 is 11.2 Å². The molecule has 1 amide bonds. The Bertz CT molecular complexity index is 973. The van der Waals surface area contributed by atoms with E-state index >= 15 is 0 Å². The van der Waals surface area contributed by atoms with E-state index in [0.717, 1.165) is 27.9 Å². The van der Waals surface area contributed by atoms with Gasteiger partial charge in [-0.3, -0.25) is 4.79 Å². The summed E-state index contributed by atoms with van der Waals surface area (Å²) in [6, 6.07) is 13.6. The minimum absolute atomic E-state index is 0.0554. The van der Waals surface area contributed by atoms with Crippen molar-refractivity contribution < 1.29 is 9.21 Å². The molecule has 0 bridgehead atoms. The SMILES string of the molecule is CC1CC(=O)NN=C1c1ccc2nc(-c3ccc(CN)cc3)oc2c1. The Labute approximate surface area is 144 Å². The van der Waals surface area contributed by atoms with Gasteiger partial charge in [-0.25, -0.2) is 10.4 Å². The van der Waals surface area contributed by atoms with E-state index in [1.807, 2.05) is 49.4 Å². The molecule has 4 rings (SSSR count). The van der Waals surface area contributed by atoms with Gasteiger partial charge in [-0.2, -0.15) is 5.10 Å². The van der Waals surface area contributed by atoms with Crippen LogP contribution >= 0.6 is 0 Å². The molecule has 0 aliphatic carbocycles. The van der Waals surface area contributed by atoms with Crippen LogP contribution in [0.3, 0.4) is 0 Å². The van der Waals surface area contributed by atoms with Gasteiger partial charge in [-0.15, -0.1) is 0 Å². The number of hydrogen-bond acceptors (Lipinski definition) is 5. The summed E-state index contributed by atoms with van der Waals surface area (Å²) in [4.78, 5) is 16.0. The number of carbonyl (C=O) groups is 1. The Kier molecular flexibility index (Phi) is 3.82. The number of nitrogens with zero attached hydrogens (tertiary/aromatic N) is 2. The molecular formula is C19H18N4O2. The molecule has 6 nitrogen and oxygen atoms in total. The molecule has 6 heteroatoms. The number of aromatic nitrogens is 1. The number of oxazole rings is 1. The van der Waals surface area contributed by atoms with Crippen molar-refractivity contribution in [2.24, 2.45) is 16.8 Å². The predicted octanol–water partition coefficient (Wildman–Crippen LogP) is 2.81. The Balaban J connectivity index is 1.70. The lowest BCUT2D eigenvalue weighted by atomic mass is 9.94. The maximum absolute atomic E-state index is 11.4. The summed E-state index contributed by atoms with van der Waals surface area (Å²) in [5.74, 6) is 0.584. The maximum atomic E-state index is 11.4. The van der Waals surface area contributed by atoms with E-state index in [1.165, 1.54) is 0 Å². The van der Waals surface area contributed by atoms with E-state index in [1.54, 1.807) is 0 Å². The highest BCUT2D eigenvalue weighted by molar-refractivity contribution is 6.07. The molecule has 1 atom stereocenters. The third kappa shape index (κ3) is 2.92. The quantitative estimate of drug-likeness (QED) is 0.770. The summed E-state index contributed by atoms with van der Waals surface area (Å²) < 4.78 is 5.93. The number of nitrogens with two attached hydrogens (primary N) is 1. The fraction of sp³-hybridized carbons (Fsp3) is 0.211. The van der Waals surface area contributed by atoms with E-state index in [-0.39, 0.29) is 11.8 Å². The van der Waals surface area contributed by atoms with Crippen LogP contribution in [0.5, 0.6) is 0 Å². The van der Waals surface area contributed by atoms with Crippen molar-refractivity contribution in [2.75, 3.05) is 0 Å². The minimum atomic E-state index is -0.0554. The van der Waals surface area contributed by atoms with Crippen LogP contribution in [0.25, 0.3) is 22.6 Å². The first-order valence-electron chi connectivity index (χ1n) is 8.21. The van der Waals surface area contributed by atoms with Crippen LogP contribution in [0.1, 0.15) is 24.5 Å². The summed E-state index contributed by atoms with van der Waals surface area (Å²) in [5.41, 5.74) is 13.4. The minimum Gasteiger partial charge on any atom is -0.436 e. The Morgan fingerprint density at radius 1 is 1.20 bits per heavy atom. The zero-order valence-corrected chi connectivity index (χ0v) is 13.8.